The Balaban J connectivity index is 2.38. The molecule has 2 aromatic carbocycles. The van der Waals surface area contributed by atoms with E-state index in [1.54, 1.807) is 62.6 Å². The third kappa shape index (κ3) is 1.73. The third-order valence-corrected chi connectivity index (χ3v) is 3.84. The summed E-state index contributed by atoms with van der Waals surface area (Å²) in [5, 5.41) is 11.2. The molecule has 4 heteroatoms. The molecule has 0 heterocycles. The molecule has 106 valence electrons. The maximum absolute atomic E-state index is 12.6. The van der Waals surface area contributed by atoms with Crippen molar-refractivity contribution in [3.63, 3.8) is 0 Å². The highest BCUT2D eigenvalue weighted by Crippen LogP contribution is 2.40. The van der Waals surface area contributed by atoms with Gasteiger partial charge in [-0.1, -0.05) is 48.5 Å². The standard InChI is InChI=1S/C17H15NO3/c1-18(2)16(20)17(21)13-9-5-3-7-11(13)15(19)12-8-4-6-10-14(12)17/h3-10,21H,1-2H3. The van der Waals surface area contributed by atoms with Gasteiger partial charge in [0, 0.05) is 36.3 Å². The molecular weight excluding hydrogens is 266 g/mol. The summed E-state index contributed by atoms with van der Waals surface area (Å²) in [6.45, 7) is 0. The van der Waals surface area contributed by atoms with Gasteiger partial charge in [-0.25, -0.2) is 0 Å². The van der Waals surface area contributed by atoms with E-state index in [-0.39, 0.29) is 5.78 Å². The molecule has 0 spiro atoms. The maximum atomic E-state index is 12.6. The molecule has 1 aliphatic carbocycles. The summed E-state index contributed by atoms with van der Waals surface area (Å²) in [4.78, 5) is 26.5. The van der Waals surface area contributed by atoms with Gasteiger partial charge in [0.2, 0.25) is 0 Å². The highest BCUT2D eigenvalue weighted by atomic mass is 16.3. The Hall–Kier alpha value is -2.46. The molecule has 3 rings (SSSR count). The molecule has 1 aliphatic rings. The van der Waals surface area contributed by atoms with Gasteiger partial charge in [0.05, 0.1) is 0 Å². The summed E-state index contributed by atoms with van der Waals surface area (Å²) in [5.74, 6) is -0.632. The number of fused-ring (bicyclic) bond motifs is 2. The molecular formula is C17H15NO3. The van der Waals surface area contributed by atoms with Crippen LogP contribution in [0.2, 0.25) is 0 Å². The van der Waals surface area contributed by atoms with Gasteiger partial charge in [-0.2, -0.15) is 0 Å². The molecule has 0 saturated heterocycles. The molecule has 0 atom stereocenters. The van der Waals surface area contributed by atoms with Crippen molar-refractivity contribution in [1.82, 2.24) is 4.90 Å². The van der Waals surface area contributed by atoms with Crippen LogP contribution in [0.4, 0.5) is 0 Å². The number of likely N-dealkylation sites (N-methyl/N-ethyl adjacent to an activating group) is 1. The number of benzene rings is 2. The summed E-state index contributed by atoms with van der Waals surface area (Å²) >= 11 is 0. The largest absolute Gasteiger partial charge is 0.372 e. The third-order valence-electron chi connectivity index (χ3n) is 3.84. The van der Waals surface area contributed by atoms with Gasteiger partial charge in [-0.15, -0.1) is 0 Å². The van der Waals surface area contributed by atoms with Gasteiger partial charge in [0.15, 0.2) is 11.4 Å². The number of hydrogen-bond donors (Lipinski definition) is 1. The van der Waals surface area contributed by atoms with E-state index in [4.69, 9.17) is 0 Å². The Morgan fingerprint density at radius 3 is 1.81 bits per heavy atom. The van der Waals surface area contributed by atoms with Crippen LogP contribution in [0.3, 0.4) is 0 Å². The van der Waals surface area contributed by atoms with E-state index in [1.807, 2.05) is 0 Å². The molecule has 0 aliphatic heterocycles. The van der Waals surface area contributed by atoms with Crippen LogP contribution in [0.15, 0.2) is 48.5 Å². The van der Waals surface area contributed by atoms with Crippen molar-refractivity contribution in [2.24, 2.45) is 0 Å². The quantitative estimate of drug-likeness (QED) is 0.863. The van der Waals surface area contributed by atoms with Crippen molar-refractivity contribution in [2.45, 2.75) is 5.60 Å². The van der Waals surface area contributed by atoms with E-state index in [9.17, 15) is 14.7 Å². The summed E-state index contributed by atoms with van der Waals surface area (Å²) < 4.78 is 0. The topological polar surface area (TPSA) is 57.6 Å². The maximum Gasteiger partial charge on any atom is 0.263 e. The molecule has 0 unspecified atom stereocenters. The summed E-state index contributed by atoms with van der Waals surface area (Å²) in [6.07, 6.45) is 0. The fourth-order valence-electron chi connectivity index (χ4n) is 2.84. The number of aliphatic hydroxyl groups is 1. The number of nitrogens with zero attached hydrogens (tertiary/aromatic N) is 1. The lowest BCUT2D eigenvalue weighted by molar-refractivity contribution is -0.145. The second kappa shape index (κ2) is 4.53. The first-order valence-electron chi connectivity index (χ1n) is 6.65. The van der Waals surface area contributed by atoms with Crippen molar-refractivity contribution < 1.29 is 14.7 Å². The molecule has 1 N–H and O–H groups in total. The Bertz CT molecular complexity index is 700. The van der Waals surface area contributed by atoms with E-state index in [2.05, 4.69) is 0 Å². The van der Waals surface area contributed by atoms with Gasteiger partial charge < -0.3 is 10.0 Å². The van der Waals surface area contributed by atoms with Crippen molar-refractivity contribution in [3.8, 4) is 0 Å². The molecule has 1 amide bonds. The summed E-state index contributed by atoms with van der Waals surface area (Å²) in [6, 6.07) is 13.4. The predicted molar refractivity (Wildman–Crippen MR) is 78.0 cm³/mol. The molecule has 2 aromatic rings. The second-order valence-corrected chi connectivity index (χ2v) is 5.33. The van der Waals surface area contributed by atoms with Crippen molar-refractivity contribution in [1.29, 1.82) is 0 Å². The summed E-state index contributed by atoms with van der Waals surface area (Å²) in [5.41, 5.74) is -0.410. The molecule has 0 fully saturated rings. The average molecular weight is 281 g/mol. The number of ketones is 1. The van der Waals surface area contributed by atoms with Crippen LogP contribution in [-0.2, 0) is 10.4 Å². The van der Waals surface area contributed by atoms with Crippen LogP contribution >= 0.6 is 0 Å². The number of amides is 1. The van der Waals surface area contributed by atoms with Crippen LogP contribution in [0.1, 0.15) is 27.0 Å². The lowest BCUT2D eigenvalue weighted by atomic mass is 9.73. The molecule has 21 heavy (non-hydrogen) atoms. The van der Waals surface area contributed by atoms with Gasteiger partial charge in [0.25, 0.3) is 5.91 Å². The van der Waals surface area contributed by atoms with Crippen LogP contribution in [0.5, 0.6) is 0 Å². The van der Waals surface area contributed by atoms with Crippen molar-refractivity contribution >= 4 is 11.7 Å². The first-order chi connectivity index (χ1) is 9.98. The van der Waals surface area contributed by atoms with E-state index in [0.29, 0.717) is 22.3 Å². The van der Waals surface area contributed by atoms with E-state index >= 15 is 0 Å². The van der Waals surface area contributed by atoms with Crippen LogP contribution in [-0.4, -0.2) is 35.8 Å². The highest BCUT2D eigenvalue weighted by molar-refractivity contribution is 6.15. The van der Waals surface area contributed by atoms with E-state index in [1.165, 1.54) is 4.90 Å². The molecule has 0 radical (unpaired) electrons. The fraction of sp³-hybridized carbons (Fsp3) is 0.176. The average Bonchev–Trinajstić information content (AvgIpc) is 2.52. The van der Waals surface area contributed by atoms with Gasteiger partial charge >= 0.3 is 0 Å². The second-order valence-electron chi connectivity index (χ2n) is 5.33. The number of rotatable bonds is 1. The number of carbonyl (C=O) groups excluding carboxylic acids is 2. The summed E-state index contributed by atoms with van der Waals surface area (Å²) in [7, 11) is 3.17. The first-order valence-corrected chi connectivity index (χ1v) is 6.65. The normalized spacial score (nSPS) is 15.1. The van der Waals surface area contributed by atoms with Gasteiger partial charge in [0.1, 0.15) is 0 Å². The lowest BCUT2D eigenvalue weighted by Gasteiger charge is -2.36. The molecule has 0 aromatic heterocycles. The molecule has 4 nitrogen and oxygen atoms in total. The van der Waals surface area contributed by atoms with Crippen LogP contribution in [0, 0.1) is 0 Å². The Labute approximate surface area is 122 Å². The van der Waals surface area contributed by atoms with Crippen molar-refractivity contribution in [2.75, 3.05) is 14.1 Å². The zero-order valence-corrected chi connectivity index (χ0v) is 11.8. The van der Waals surface area contributed by atoms with E-state index < -0.39 is 11.5 Å². The van der Waals surface area contributed by atoms with Crippen LogP contribution < -0.4 is 0 Å². The molecule has 0 bridgehead atoms. The van der Waals surface area contributed by atoms with Crippen molar-refractivity contribution in [3.05, 3.63) is 70.8 Å². The minimum Gasteiger partial charge on any atom is -0.372 e. The zero-order chi connectivity index (χ0) is 15.2. The fourth-order valence-corrected chi connectivity index (χ4v) is 2.84. The van der Waals surface area contributed by atoms with E-state index in [0.717, 1.165) is 0 Å². The number of hydrogen-bond acceptors (Lipinski definition) is 3. The minimum absolute atomic E-state index is 0.169. The number of carbonyl (C=O) groups is 2. The lowest BCUT2D eigenvalue weighted by Crippen LogP contribution is -2.48. The monoisotopic (exact) mass is 281 g/mol. The Morgan fingerprint density at radius 1 is 0.952 bits per heavy atom. The Kier molecular flexibility index (Phi) is 2.92. The molecule has 0 saturated carbocycles. The first kappa shape index (κ1) is 13.5. The SMILES string of the molecule is CN(C)C(=O)C1(O)c2ccccc2C(=O)c2ccccc21. The van der Waals surface area contributed by atoms with Gasteiger partial charge in [-0.05, 0) is 0 Å². The van der Waals surface area contributed by atoms with Gasteiger partial charge in [-0.3, -0.25) is 9.59 Å². The Morgan fingerprint density at radius 2 is 1.38 bits per heavy atom. The minimum atomic E-state index is -1.83. The predicted octanol–water partition coefficient (Wildman–Crippen LogP) is 1.56. The van der Waals surface area contributed by atoms with Crippen LogP contribution in [0.25, 0.3) is 0 Å². The highest BCUT2D eigenvalue weighted by Gasteiger charge is 2.48. The smallest absolute Gasteiger partial charge is 0.263 e. The zero-order valence-electron chi connectivity index (χ0n) is 11.8.